The van der Waals surface area contributed by atoms with Gasteiger partial charge < -0.3 is 4.74 Å². The van der Waals surface area contributed by atoms with Crippen LogP contribution in [0.5, 0.6) is 0 Å². The van der Waals surface area contributed by atoms with Crippen molar-refractivity contribution in [3.8, 4) is 0 Å². The molecule has 0 atom stereocenters. The molecule has 1 aliphatic heterocycles. The van der Waals surface area contributed by atoms with Gasteiger partial charge in [0.2, 0.25) is 5.88 Å². The lowest BCUT2D eigenvalue weighted by molar-refractivity contribution is -0.385. The Bertz CT molecular complexity index is 728. The van der Waals surface area contributed by atoms with E-state index in [2.05, 4.69) is 17.2 Å². The number of azo groups is 1. The zero-order valence-electron chi connectivity index (χ0n) is 16.6. The number of unbranched alkanes of at least 4 members (excludes halogenated alkanes) is 9. The van der Waals surface area contributed by atoms with Crippen LogP contribution >= 0.6 is 0 Å². The summed E-state index contributed by atoms with van der Waals surface area (Å²) in [6.07, 6.45) is 12.2. The van der Waals surface area contributed by atoms with Gasteiger partial charge in [0, 0.05) is 6.07 Å². The Morgan fingerprint density at radius 1 is 0.929 bits per heavy atom. The van der Waals surface area contributed by atoms with Crippen LogP contribution in [0.2, 0.25) is 0 Å². The van der Waals surface area contributed by atoms with E-state index in [1.807, 2.05) is 0 Å². The zero-order valence-corrected chi connectivity index (χ0v) is 16.6. The third-order valence-corrected chi connectivity index (χ3v) is 4.77. The number of amides is 1. The highest BCUT2D eigenvalue weighted by Gasteiger charge is 2.30. The summed E-state index contributed by atoms with van der Waals surface area (Å²) in [4.78, 5) is 22.7. The second-order valence-electron chi connectivity index (χ2n) is 6.99. The van der Waals surface area contributed by atoms with Crippen LogP contribution < -0.4 is 0 Å². The first-order valence-corrected chi connectivity index (χ1v) is 10.2. The van der Waals surface area contributed by atoms with Gasteiger partial charge in [-0.15, -0.1) is 10.2 Å². The molecule has 7 nitrogen and oxygen atoms in total. The van der Waals surface area contributed by atoms with Crippen molar-refractivity contribution in [3.63, 3.8) is 0 Å². The van der Waals surface area contributed by atoms with Gasteiger partial charge >= 0.3 is 5.91 Å². The van der Waals surface area contributed by atoms with E-state index < -0.39 is 10.8 Å². The van der Waals surface area contributed by atoms with E-state index in [9.17, 15) is 14.9 Å². The lowest BCUT2D eigenvalue weighted by Gasteiger charge is -2.07. The summed E-state index contributed by atoms with van der Waals surface area (Å²) in [5.74, 6) is -0.525. The Morgan fingerprint density at radius 3 is 2.18 bits per heavy atom. The summed E-state index contributed by atoms with van der Waals surface area (Å²) in [5, 5.41) is 18.5. The number of benzene rings is 1. The van der Waals surface area contributed by atoms with Gasteiger partial charge in [-0.25, -0.2) is 0 Å². The number of nitro benzene ring substituents is 1. The van der Waals surface area contributed by atoms with Crippen molar-refractivity contribution in [2.45, 2.75) is 71.1 Å². The Morgan fingerprint density at radius 2 is 1.54 bits per heavy atom. The van der Waals surface area contributed by atoms with Crippen LogP contribution in [0.3, 0.4) is 0 Å². The second-order valence-corrected chi connectivity index (χ2v) is 6.99. The van der Waals surface area contributed by atoms with E-state index in [-0.39, 0.29) is 22.7 Å². The smallest absolute Gasteiger partial charge is 0.301 e. The second kappa shape index (κ2) is 12.0. The molecule has 0 fully saturated rings. The average molecular weight is 387 g/mol. The Kier molecular flexibility index (Phi) is 9.31. The molecule has 1 aromatic rings. The molecule has 0 aliphatic carbocycles. The summed E-state index contributed by atoms with van der Waals surface area (Å²) in [6.45, 7) is 2.65. The van der Waals surface area contributed by atoms with E-state index in [0.29, 0.717) is 6.61 Å². The van der Waals surface area contributed by atoms with E-state index >= 15 is 0 Å². The Balaban J connectivity index is 1.76. The van der Waals surface area contributed by atoms with Crippen molar-refractivity contribution in [1.29, 1.82) is 0 Å². The molecule has 1 heterocycles. The van der Waals surface area contributed by atoms with Crippen LogP contribution in [0, 0.1) is 10.1 Å². The maximum atomic E-state index is 12.0. The summed E-state index contributed by atoms with van der Waals surface area (Å²) < 4.78 is 5.62. The van der Waals surface area contributed by atoms with Crippen molar-refractivity contribution in [2.75, 3.05) is 6.61 Å². The van der Waals surface area contributed by atoms with Gasteiger partial charge in [-0.1, -0.05) is 76.8 Å². The summed E-state index contributed by atoms with van der Waals surface area (Å²) in [6, 6.07) is 6.07. The molecule has 152 valence electrons. The van der Waals surface area contributed by atoms with Gasteiger partial charge in [-0.2, -0.15) is 0 Å². The van der Waals surface area contributed by atoms with Crippen molar-refractivity contribution < 1.29 is 14.5 Å². The minimum atomic E-state index is -0.604. The van der Waals surface area contributed by atoms with Gasteiger partial charge in [0.05, 0.1) is 17.1 Å². The highest BCUT2D eigenvalue weighted by atomic mass is 16.6. The van der Waals surface area contributed by atoms with Crippen LogP contribution in [-0.4, -0.2) is 17.4 Å². The Labute approximate surface area is 166 Å². The highest BCUT2D eigenvalue weighted by Crippen LogP contribution is 2.33. The van der Waals surface area contributed by atoms with E-state index in [4.69, 9.17) is 4.74 Å². The molecule has 1 amide bonds. The van der Waals surface area contributed by atoms with Crippen LogP contribution in [0.15, 0.2) is 40.4 Å². The van der Waals surface area contributed by atoms with Crippen LogP contribution in [0.1, 0.15) is 76.7 Å². The van der Waals surface area contributed by atoms with Gasteiger partial charge in [-0.3, -0.25) is 14.9 Å². The molecular weight excluding hydrogens is 358 g/mol. The zero-order chi connectivity index (χ0) is 20.2. The predicted octanol–water partition coefficient (Wildman–Crippen LogP) is 6.19. The number of rotatable bonds is 14. The largest absolute Gasteiger partial charge is 0.476 e. The fourth-order valence-corrected chi connectivity index (χ4v) is 3.22. The number of carbonyl (C=O) groups is 1. The van der Waals surface area contributed by atoms with Gasteiger partial charge in [0.1, 0.15) is 5.57 Å². The van der Waals surface area contributed by atoms with Crippen molar-refractivity contribution >= 4 is 17.2 Å². The van der Waals surface area contributed by atoms with Gasteiger partial charge in [0.15, 0.2) is 0 Å². The SMILES string of the molecule is CCCCCCCCCCCCOC1=C(c2ccccc2[N+](=O)[O-])C(=O)N=N1. The molecule has 28 heavy (non-hydrogen) atoms. The minimum absolute atomic E-state index is 0.0689. The third-order valence-electron chi connectivity index (χ3n) is 4.77. The number of carbonyl (C=O) groups excluding carboxylic acids is 1. The lowest BCUT2D eigenvalue weighted by Crippen LogP contribution is -2.03. The maximum Gasteiger partial charge on any atom is 0.301 e. The third kappa shape index (κ3) is 6.55. The normalized spacial score (nSPS) is 13.4. The molecule has 0 bridgehead atoms. The summed E-state index contributed by atoms with van der Waals surface area (Å²) in [5.41, 5.74) is 0.109. The molecule has 0 N–H and O–H groups in total. The van der Waals surface area contributed by atoms with Crippen LogP contribution in [-0.2, 0) is 9.53 Å². The van der Waals surface area contributed by atoms with Crippen LogP contribution in [0.25, 0.3) is 5.57 Å². The number of hydrogen-bond donors (Lipinski definition) is 0. The molecule has 1 aliphatic rings. The predicted molar refractivity (Wildman–Crippen MR) is 108 cm³/mol. The molecule has 0 saturated carbocycles. The topological polar surface area (TPSA) is 94.2 Å². The number of hydrogen-bond acceptors (Lipinski definition) is 5. The van der Waals surface area contributed by atoms with Gasteiger partial charge in [0.25, 0.3) is 5.69 Å². The molecule has 0 radical (unpaired) electrons. The quantitative estimate of drug-likeness (QED) is 0.216. The minimum Gasteiger partial charge on any atom is -0.476 e. The maximum absolute atomic E-state index is 12.0. The molecular formula is C21H29N3O4. The molecule has 2 rings (SSSR count). The van der Waals surface area contributed by atoms with Crippen molar-refractivity contribution in [1.82, 2.24) is 0 Å². The van der Waals surface area contributed by atoms with Crippen molar-refractivity contribution in [2.24, 2.45) is 10.2 Å². The molecule has 1 aromatic carbocycles. The summed E-state index contributed by atoms with van der Waals surface area (Å²) >= 11 is 0. The average Bonchev–Trinajstić information content (AvgIpc) is 3.06. The van der Waals surface area contributed by atoms with Crippen molar-refractivity contribution in [3.05, 3.63) is 45.8 Å². The highest BCUT2D eigenvalue weighted by molar-refractivity contribution is 6.22. The summed E-state index contributed by atoms with van der Waals surface area (Å²) in [7, 11) is 0. The van der Waals surface area contributed by atoms with E-state index in [0.717, 1.165) is 19.3 Å². The van der Waals surface area contributed by atoms with E-state index in [1.165, 1.54) is 57.1 Å². The molecule has 0 saturated heterocycles. The number of ether oxygens (including phenoxy) is 1. The number of nitro groups is 1. The standard InChI is InChI=1S/C21H29N3O4/c1-2-3-4-5-6-7-8-9-10-13-16-28-21-19(20(25)22-23-21)17-14-11-12-15-18(17)24(26)27/h11-12,14-15H,2-10,13,16H2,1H3. The van der Waals surface area contributed by atoms with Gasteiger partial charge in [-0.05, 0) is 12.5 Å². The molecule has 0 spiro atoms. The first-order valence-electron chi connectivity index (χ1n) is 10.2. The number of para-hydroxylation sites is 1. The Hall–Kier alpha value is -2.57. The monoisotopic (exact) mass is 387 g/mol. The fraction of sp³-hybridized carbons (Fsp3) is 0.571. The molecule has 7 heteroatoms. The first kappa shape index (κ1) is 21.7. The lowest BCUT2D eigenvalue weighted by atomic mass is 10.0. The van der Waals surface area contributed by atoms with Crippen LogP contribution in [0.4, 0.5) is 5.69 Å². The fourth-order valence-electron chi connectivity index (χ4n) is 3.22. The molecule has 0 unspecified atom stereocenters. The molecule has 0 aromatic heterocycles. The van der Waals surface area contributed by atoms with E-state index in [1.54, 1.807) is 12.1 Å². The first-order chi connectivity index (χ1) is 13.6. The number of nitrogens with zero attached hydrogens (tertiary/aromatic N) is 3.